The zero-order chi connectivity index (χ0) is 23.8. The first kappa shape index (κ1) is 23.6. The number of hydrogen-bond donors (Lipinski definition) is 1. The van der Waals surface area contributed by atoms with Crippen LogP contribution in [0.25, 0.3) is 17.1 Å². The normalized spacial score (nSPS) is 11.2. The van der Waals surface area contributed by atoms with Crippen LogP contribution in [-0.4, -0.2) is 35.7 Å². The first-order valence-corrected chi connectivity index (χ1v) is 12.3. The third-order valence-electron chi connectivity index (χ3n) is 5.44. The number of carbonyl (C=O) groups excluding carboxylic acids is 1. The second-order valence-electron chi connectivity index (χ2n) is 7.76. The van der Waals surface area contributed by atoms with Gasteiger partial charge in [0.15, 0.2) is 11.5 Å². The lowest BCUT2D eigenvalue weighted by Crippen LogP contribution is -2.25. The smallest absolute Gasteiger partial charge is 0.261 e. The Morgan fingerprint density at radius 1 is 1.15 bits per heavy atom. The number of allylic oxidation sites excluding steroid dienone is 1. The zero-order valence-corrected chi connectivity index (χ0v) is 20.3. The van der Waals surface area contributed by atoms with Crippen molar-refractivity contribution < 1.29 is 14.3 Å². The number of nitrogens with zero attached hydrogens (tertiary/aromatic N) is 2. The van der Waals surface area contributed by atoms with E-state index in [4.69, 9.17) is 14.5 Å². The molecule has 0 radical (unpaired) electrons. The van der Waals surface area contributed by atoms with Gasteiger partial charge in [-0.3, -0.25) is 4.79 Å². The molecule has 4 rings (SSSR count). The predicted octanol–water partition coefficient (Wildman–Crippen LogP) is 5.58. The number of aryl methyl sites for hydroxylation is 1. The van der Waals surface area contributed by atoms with Gasteiger partial charge in [0.05, 0.1) is 29.6 Å². The number of fused-ring (bicyclic) bond motifs is 1. The fourth-order valence-corrected chi connectivity index (χ4v) is 4.49. The Labute approximate surface area is 203 Å². The molecule has 0 saturated carbocycles. The van der Waals surface area contributed by atoms with Gasteiger partial charge < -0.3 is 19.4 Å². The summed E-state index contributed by atoms with van der Waals surface area (Å²) in [6, 6.07) is 17.8. The summed E-state index contributed by atoms with van der Waals surface area (Å²) in [5, 5.41) is 4.90. The number of hydrogen-bond acceptors (Lipinski definition) is 5. The Balaban J connectivity index is 1.38. The van der Waals surface area contributed by atoms with E-state index < -0.39 is 0 Å². The molecule has 1 N–H and O–H groups in total. The first-order valence-electron chi connectivity index (χ1n) is 11.4. The topological polar surface area (TPSA) is 65.4 Å². The van der Waals surface area contributed by atoms with Crippen LogP contribution in [0.5, 0.6) is 11.5 Å². The highest BCUT2D eigenvalue weighted by Gasteiger charge is 2.12. The van der Waals surface area contributed by atoms with Gasteiger partial charge in [0.25, 0.3) is 5.91 Å². The zero-order valence-electron chi connectivity index (χ0n) is 19.5. The molecule has 0 saturated heterocycles. The summed E-state index contributed by atoms with van der Waals surface area (Å²) < 4.78 is 13.7. The molecule has 2 heterocycles. The SMILES string of the molecule is C/C=C/c1ccc(OCCCn2c(CCNC(=O)c3cccs3)nc3ccccc32)c(OC)c1. The van der Waals surface area contributed by atoms with Gasteiger partial charge in [-0.15, -0.1) is 11.3 Å². The van der Waals surface area contributed by atoms with E-state index in [-0.39, 0.29) is 5.91 Å². The molecule has 0 fully saturated rings. The highest BCUT2D eigenvalue weighted by atomic mass is 32.1. The minimum absolute atomic E-state index is 0.0412. The molecule has 0 unspecified atom stereocenters. The van der Waals surface area contributed by atoms with Gasteiger partial charge in [0.2, 0.25) is 0 Å². The maximum atomic E-state index is 12.3. The van der Waals surface area contributed by atoms with Crippen molar-refractivity contribution in [1.29, 1.82) is 0 Å². The van der Waals surface area contributed by atoms with E-state index in [0.717, 1.165) is 51.8 Å². The summed E-state index contributed by atoms with van der Waals surface area (Å²) in [5.41, 5.74) is 3.13. The third kappa shape index (κ3) is 5.66. The van der Waals surface area contributed by atoms with Crippen LogP contribution < -0.4 is 14.8 Å². The number of rotatable bonds is 11. The van der Waals surface area contributed by atoms with Crippen LogP contribution in [-0.2, 0) is 13.0 Å². The van der Waals surface area contributed by atoms with Crippen LogP contribution in [0.4, 0.5) is 0 Å². The number of methoxy groups -OCH3 is 1. The van der Waals surface area contributed by atoms with Crippen LogP contribution in [0.1, 0.15) is 34.4 Å². The summed E-state index contributed by atoms with van der Waals surface area (Å²) in [4.78, 5) is 17.8. The van der Waals surface area contributed by atoms with E-state index in [1.54, 1.807) is 7.11 Å². The molecular formula is C27H29N3O3S. The summed E-state index contributed by atoms with van der Waals surface area (Å²) in [6.45, 7) is 3.85. The molecule has 0 aliphatic carbocycles. The van der Waals surface area contributed by atoms with Gasteiger partial charge in [-0.1, -0.05) is 36.4 Å². The molecule has 0 aliphatic rings. The summed E-state index contributed by atoms with van der Waals surface area (Å²) in [7, 11) is 1.66. The highest BCUT2D eigenvalue weighted by molar-refractivity contribution is 7.12. The number of aromatic nitrogens is 2. The summed E-state index contributed by atoms with van der Waals surface area (Å²) >= 11 is 1.44. The van der Waals surface area contributed by atoms with Crippen LogP contribution in [0.15, 0.2) is 66.1 Å². The predicted molar refractivity (Wildman–Crippen MR) is 138 cm³/mol. The number of benzene rings is 2. The lowest BCUT2D eigenvalue weighted by molar-refractivity contribution is 0.0958. The van der Waals surface area contributed by atoms with Crippen molar-refractivity contribution in [3.8, 4) is 11.5 Å². The molecule has 7 heteroatoms. The van der Waals surface area contributed by atoms with Crippen LogP contribution in [0, 0.1) is 0 Å². The average molecular weight is 476 g/mol. The van der Waals surface area contributed by atoms with Crippen LogP contribution in [0.2, 0.25) is 0 Å². The second kappa shape index (κ2) is 11.5. The van der Waals surface area contributed by atoms with E-state index >= 15 is 0 Å². The van der Waals surface area contributed by atoms with E-state index in [0.29, 0.717) is 19.6 Å². The highest BCUT2D eigenvalue weighted by Crippen LogP contribution is 2.29. The van der Waals surface area contributed by atoms with Gasteiger partial charge in [-0.25, -0.2) is 4.98 Å². The van der Waals surface area contributed by atoms with Crippen molar-refractivity contribution in [3.63, 3.8) is 0 Å². The van der Waals surface area contributed by atoms with Gasteiger partial charge >= 0.3 is 0 Å². The maximum absolute atomic E-state index is 12.3. The number of para-hydroxylation sites is 2. The quantitative estimate of drug-likeness (QED) is 0.288. The lowest BCUT2D eigenvalue weighted by Gasteiger charge is -2.13. The van der Waals surface area contributed by atoms with Crippen molar-refractivity contribution >= 4 is 34.4 Å². The summed E-state index contributed by atoms with van der Waals surface area (Å²) in [6.07, 6.45) is 5.50. The maximum Gasteiger partial charge on any atom is 0.261 e. The van der Waals surface area contributed by atoms with Crippen LogP contribution in [0.3, 0.4) is 0 Å². The Morgan fingerprint density at radius 2 is 2.03 bits per heavy atom. The van der Waals surface area contributed by atoms with Crippen molar-refractivity contribution in [2.45, 2.75) is 26.3 Å². The second-order valence-corrected chi connectivity index (χ2v) is 8.71. The fourth-order valence-electron chi connectivity index (χ4n) is 3.85. The molecule has 0 spiro atoms. The third-order valence-corrected chi connectivity index (χ3v) is 6.31. The molecule has 2 aromatic carbocycles. The first-order chi connectivity index (χ1) is 16.7. The monoisotopic (exact) mass is 475 g/mol. The van der Waals surface area contributed by atoms with E-state index in [1.807, 2.05) is 73.0 Å². The number of amides is 1. The number of imidazole rings is 1. The number of carbonyl (C=O) groups is 1. The van der Waals surface area contributed by atoms with E-state index in [9.17, 15) is 4.79 Å². The lowest BCUT2D eigenvalue weighted by atomic mass is 10.2. The number of thiophene rings is 1. The molecule has 176 valence electrons. The van der Waals surface area contributed by atoms with Crippen molar-refractivity contribution in [3.05, 3.63) is 82.3 Å². The van der Waals surface area contributed by atoms with Gasteiger partial charge in [-0.05, 0) is 54.6 Å². The molecule has 0 bridgehead atoms. The van der Waals surface area contributed by atoms with Gasteiger partial charge in [0, 0.05) is 19.5 Å². The standard InChI is InChI=1S/C27H29N3O3S/c1-3-8-20-12-13-23(24(19-20)32-2)33-17-7-16-30-22-10-5-4-9-21(22)29-26(30)14-15-28-27(31)25-11-6-18-34-25/h3-6,8-13,18-19H,7,14-17H2,1-2H3,(H,28,31)/b8-3+. The van der Waals surface area contributed by atoms with Crippen molar-refractivity contribution in [2.24, 2.45) is 0 Å². The van der Waals surface area contributed by atoms with Crippen molar-refractivity contribution in [2.75, 3.05) is 20.3 Å². The minimum Gasteiger partial charge on any atom is -0.493 e. The molecule has 0 aliphatic heterocycles. The molecule has 1 amide bonds. The van der Waals surface area contributed by atoms with E-state index in [1.165, 1.54) is 11.3 Å². The Morgan fingerprint density at radius 3 is 2.82 bits per heavy atom. The number of nitrogens with one attached hydrogen (secondary N) is 1. The average Bonchev–Trinajstić information content (AvgIpc) is 3.51. The fraction of sp³-hybridized carbons (Fsp3) is 0.259. The minimum atomic E-state index is -0.0412. The molecular weight excluding hydrogens is 446 g/mol. The summed E-state index contributed by atoms with van der Waals surface area (Å²) in [5.74, 6) is 2.38. The Kier molecular flexibility index (Phi) is 7.99. The van der Waals surface area contributed by atoms with Crippen molar-refractivity contribution in [1.82, 2.24) is 14.9 Å². The number of ether oxygens (including phenoxy) is 2. The van der Waals surface area contributed by atoms with Crippen LogP contribution >= 0.6 is 11.3 Å². The molecule has 4 aromatic rings. The van der Waals surface area contributed by atoms with Gasteiger partial charge in [0.1, 0.15) is 5.82 Å². The van der Waals surface area contributed by atoms with Gasteiger partial charge in [-0.2, -0.15) is 0 Å². The molecule has 0 atom stereocenters. The van der Waals surface area contributed by atoms with E-state index in [2.05, 4.69) is 16.0 Å². The molecule has 6 nitrogen and oxygen atoms in total. The Hall–Kier alpha value is -3.58. The molecule has 34 heavy (non-hydrogen) atoms. The largest absolute Gasteiger partial charge is 0.493 e. The Bertz CT molecular complexity index is 1260. The molecule has 2 aromatic heterocycles.